The Hall–Kier alpha value is -2.10. The Morgan fingerprint density at radius 1 is 1.12 bits per heavy atom. The van der Waals surface area contributed by atoms with Crippen LogP contribution in [-0.2, 0) is 0 Å². The Morgan fingerprint density at radius 2 is 1.81 bits per heavy atom. The summed E-state index contributed by atoms with van der Waals surface area (Å²) in [6.45, 7) is 1.88. The lowest BCUT2D eigenvalue weighted by atomic mass is 10.1. The van der Waals surface area contributed by atoms with Crippen LogP contribution in [0.3, 0.4) is 0 Å². The number of aromatic hydroxyl groups is 1. The highest BCUT2D eigenvalue weighted by Gasteiger charge is 2.04. The van der Waals surface area contributed by atoms with Crippen LogP contribution in [0.2, 0.25) is 0 Å². The van der Waals surface area contributed by atoms with Gasteiger partial charge in [0.2, 0.25) is 0 Å². The molecule has 0 amide bonds. The molecule has 4 heteroatoms. The van der Waals surface area contributed by atoms with E-state index in [9.17, 15) is 5.11 Å². The molecule has 2 rings (SSSR count). The van der Waals surface area contributed by atoms with Crippen LogP contribution in [-0.4, -0.2) is 22.2 Å². The SMILES string of the molecule is COc1nc(C)cc(-c2ccc(O)cc2)n1. The van der Waals surface area contributed by atoms with E-state index in [4.69, 9.17) is 4.74 Å². The van der Waals surface area contributed by atoms with Crippen LogP contribution in [0.4, 0.5) is 0 Å². The molecule has 0 unspecified atom stereocenters. The molecule has 16 heavy (non-hydrogen) atoms. The summed E-state index contributed by atoms with van der Waals surface area (Å²) in [5.74, 6) is 0.237. The molecule has 0 aliphatic carbocycles. The van der Waals surface area contributed by atoms with Crippen LogP contribution in [0, 0.1) is 6.92 Å². The molecule has 1 heterocycles. The second-order valence-electron chi connectivity index (χ2n) is 3.43. The Morgan fingerprint density at radius 3 is 2.44 bits per heavy atom. The van der Waals surface area contributed by atoms with Crippen LogP contribution in [0.1, 0.15) is 5.69 Å². The van der Waals surface area contributed by atoms with Crippen molar-refractivity contribution < 1.29 is 9.84 Å². The maximum absolute atomic E-state index is 9.20. The quantitative estimate of drug-likeness (QED) is 0.835. The summed E-state index contributed by atoms with van der Waals surface area (Å²) in [5.41, 5.74) is 2.54. The van der Waals surface area contributed by atoms with E-state index >= 15 is 0 Å². The molecular weight excluding hydrogens is 204 g/mol. The fourth-order valence-corrected chi connectivity index (χ4v) is 1.41. The average molecular weight is 216 g/mol. The van der Waals surface area contributed by atoms with Gasteiger partial charge in [0, 0.05) is 11.3 Å². The van der Waals surface area contributed by atoms with Gasteiger partial charge in [-0.05, 0) is 37.3 Å². The Bertz CT molecular complexity index is 495. The number of rotatable bonds is 2. The lowest BCUT2D eigenvalue weighted by Gasteiger charge is -2.04. The zero-order valence-corrected chi connectivity index (χ0v) is 9.14. The summed E-state index contributed by atoms with van der Waals surface area (Å²) < 4.78 is 5.01. The van der Waals surface area contributed by atoms with Gasteiger partial charge in [-0.25, -0.2) is 4.98 Å². The molecule has 0 bridgehead atoms. The number of ether oxygens (including phenoxy) is 1. The Labute approximate surface area is 93.6 Å². The molecule has 1 aromatic heterocycles. The number of hydrogen-bond donors (Lipinski definition) is 1. The summed E-state index contributed by atoms with van der Waals surface area (Å²) in [7, 11) is 1.54. The second kappa shape index (κ2) is 4.18. The van der Waals surface area contributed by atoms with Crippen molar-refractivity contribution in [1.29, 1.82) is 0 Å². The van der Waals surface area contributed by atoms with Gasteiger partial charge >= 0.3 is 6.01 Å². The summed E-state index contributed by atoms with van der Waals surface area (Å²) >= 11 is 0. The van der Waals surface area contributed by atoms with Gasteiger partial charge in [0.15, 0.2) is 0 Å². The molecule has 0 radical (unpaired) electrons. The molecule has 0 fully saturated rings. The first-order chi connectivity index (χ1) is 7.69. The minimum atomic E-state index is 0.237. The Balaban J connectivity index is 2.47. The first-order valence-electron chi connectivity index (χ1n) is 4.88. The fourth-order valence-electron chi connectivity index (χ4n) is 1.41. The van der Waals surface area contributed by atoms with E-state index in [-0.39, 0.29) is 5.75 Å². The zero-order chi connectivity index (χ0) is 11.5. The second-order valence-corrected chi connectivity index (χ2v) is 3.43. The molecule has 0 atom stereocenters. The first kappa shape index (κ1) is 10.4. The maximum atomic E-state index is 9.20. The molecule has 0 aliphatic heterocycles. The lowest BCUT2D eigenvalue weighted by Crippen LogP contribution is -1.95. The molecular formula is C12H12N2O2. The number of aromatic nitrogens is 2. The number of hydrogen-bond acceptors (Lipinski definition) is 4. The summed E-state index contributed by atoms with van der Waals surface area (Å²) in [6, 6.07) is 9.07. The van der Waals surface area contributed by atoms with Gasteiger partial charge in [0.05, 0.1) is 12.8 Å². The van der Waals surface area contributed by atoms with Gasteiger partial charge in [-0.15, -0.1) is 0 Å². The molecule has 0 aliphatic rings. The smallest absolute Gasteiger partial charge is 0.316 e. The molecule has 1 aromatic carbocycles. The number of phenols is 1. The van der Waals surface area contributed by atoms with E-state index in [1.165, 1.54) is 7.11 Å². The highest BCUT2D eigenvalue weighted by molar-refractivity contribution is 5.60. The van der Waals surface area contributed by atoms with Gasteiger partial charge in [-0.1, -0.05) is 0 Å². The highest BCUT2D eigenvalue weighted by atomic mass is 16.5. The van der Waals surface area contributed by atoms with Gasteiger partial charge in [-0.2, -0.15) is 4.98 Å². The number of methoxy groups -OCH3 is 1. The number of nitrogens with zero attached hydrogens (tertiary/aromatic N) is 2. The number of phenolic OH excluding ortho intramolecular Hbond substituents is 1. The van der Waals surface area contributed by atoms with Crippen molar-refractivity contribution in [3.05, 3.63) is 36.0 Å². The van der Waals surface area contributed by atoms with Gasteiger partial charge in [-0.3, -0.25) is 0 Å². The average Bonchev–Trinajstić information content (AvgIpc) is 2.29. The number of benzene rings is 1. The monoisotopic (exact) mass is 216 g/mol. The molecule has 4 nitrogen and oxygen atoms in total. The van der Waals surface area contributed by atoms with Gasteiger partial charge in [0.1, 0.15) is 5.75 Å². The van der Waals surface area contributed by atoms with E-state index in [0.717, 1.165) is 17.0 Å². The largest absolute Gasteiger partial charge is 0.508 e. The third-order valence-corrected chi connectivity index (χ3v) is 2.18. The van der Waals surface area contributed by atoms with E-state index in [1.54, 1.807) is 24.3 Å². The predicted molar refractivity (Wildman–Crippen MR) is 60.4 cm³/mol. The highest BCUT2D eigenvalue weighted by Crippen LogP contribution is 2.21. The molecule has 82 valence electrons. The van der Waals surface area contributed by atoms with E-state index in [2.05, 4.69) is 9.97 Å². The van der Waals surface area contributed by atoms with Crippen molar-refractivity contribution in [2.45, 2.75) is 6.92 Å². The lowest BCUT2D eigenvalue weighted by molar-refractivity contribution is 0.379. The summed E-state index contributed by atoms with van der Waals surface area (Å²) in [5, 5.41) is 9.20. The van der Waals surface area contributed by atoms with Crippen LogP contribution in [0.15, 0.2) is 30.3 Å². The predicted octanol–water partition coefficient (Wildman–Crippen LogP) is 2.17. The molecule has 2 aromatic rings. The van der Waals surface area contributed by atoms with E-state index in [1.807, 2.05) is 13.0 Å². The van der Waals surface area contributed by atoms with Crippen molar-refractivity contribution >= 4 is 0 Å². The third-order valence-electron chi connectivity index (χ3n) is 2.18. The van der Waals surface area contributed by atoms with Crippen molar-refractivity contribution in [3.8, 4) is 23.0 Å². The molecule has 0 spiro atoms. The van der Waals surface area contributed by atoms with Crippen LogP contribution in [0.5, 0.6) is 11.8 Å². The Kier molecular flexibility index (Phi) is 2.72. The maximum Gasteiger partial charge on any atom is 0.316 e. The van der Waals surface area contributed by atoms with Crippen LogP contribution >= 0.6 is 0 Å². The molecule has 0 saturated heterocycles. The summed E-state index contributed by atoms with van der Waals surface area (Å²) in [6.07, 6.45) is 0. The minimum absolute atomic E-state index is 0.237. The van der Waals surface area contributed by atoms with Gasteiger partial charge < -0.3 is 9.84 Å². The zero-order valence-electron chi connectivity index (χ0n) is 9.14. The van der Waals surface area contributed by atoms with Gasteiger partial charge in [0.25, 0.3) is 0 Å². The minimum Gasteiger partial charge on any atom is -0.508 e. The summed E-state index contributed by atoms with van der Waals surface area (Å²) in [4.78, 5) is 8.35. The van der Waals surface area contributed by atoms with Crippen molar-refractivity contribution in [2.75, 3.05) is 7.11 Å². The normalized spacial score (nSPS) is 10.1. The molecule has 1 N–H and O–H groups in total. The van der Waals surface area contributed by atoms with E-state index in [0.29, 0.717) is 6.01 Å². The van der Waals surface area contributed by atoms with Crippen LogP contribution in [0.25, 0.3) is 11.3 Å². The third kappa shape index (κ3) is 2.11. The van der Waals surface area contributed by atoms with Crippen molar-refractivity contribution in [3.63, 3.8) is 0 Å². The standard InChI is InChI=1S/C12H12N2O2/c1-8-7-11(14-12(13-8)16-2)9-3-5-10(15)6-4-9/h3-7,15H,1-2H3. The number of aryl methyl sites for hydroxylation is 1. The topological polar surface area (TPSA) is 55.2 Å². The molecule has 0 saturated carbocycles. The van der Waals surface area contributed by atoms with Crippen molar-refractivity contribution in [2.24, 2.45) is 0 Å². The fraction of sp³-hybridized carbons (Fsp3) is 0.167. The van der Waals surface area contributed by atoms with Crippen molar-refractivity contribution in [1.82, 2.24) is 9.97 Å². The van der Waals surface area contributed by atoms with Crippen LogP contribution < -0.4 is 4.74 Å². The first-order valence-corrected chi connectivity index (χ1v) is 4.88. The van der Waals surface area contributed by atoms with E-state index < -0.39 is 0 Å².